The first-order chi connectivity index (χ1) is 11.6. The SMILES string of the molecule is CCOc1ccc(S(=O)(=O)NC[C@H]2COc3ccccc3O2)cc1. The summed E-state index contributed by atoms with van der Waals surface area (Å²) in [5.41, 5.74) is 0. The number of rotatable bonds is 6. The van der Waals surface area contributed by atoms with Crippen molar-refractivity contribution in [3.05, 3.63) is 48.5 Å². The molecule has 3 rings (SSSR count). The van der Waals surface area contributed by atoms with E-state index in [9.17, 15) is 8.42 Å². The molecular formula is C17H19NO5S. The number of benzene rings is 2. The molecule has 2 aromatic carbocycles. The lowest BCUT2D eigenvalue weighted by molar-refractivity contribution is 0.0943. The maximum atomic E-state index is 12.3. The molecule has 0 amide bonds. The van der Waals surface area contributed by atoms with E-state index in [1.54, 1.807) is 18.2 Å². The Hall–Kier alpha value is -2.25. The van der Waals surface area contributed by atoms with Crippen LogP contribution >= 0.6 is 0 Å². The first-order valence-corrected chi connectivity index (χ1v) is 9.18. The van der Waals surface area contributed by atoms with Gasteiger partial charge in [0.25, 0.3) is 0 Å². The zero-order chi connectivity index (χ0) is 17.0. The van der Waals surface area contributed by atoms with Crippen LogP contribution in [0.4, 0.5) is 0 Å². The summed E-state index contributed by atoms with van der Waals surface area (Å²) in [6.07, 6.45) is -0.377. The molecule has 0 saturated heterocycles. The van der Waals surface area contributed by atoms with Crippen LogP contribution in [-0.4, -0.2) is 34.3 Å². The summed E-state index contributed by atoms with van der Waals surface area (Å²) in [7, 11) is -3.61. The maximum Gasteiger partial charge on any atom is 0.240 e. The van der Waals surface area contributed by atoms with Gasteiger partial charge in [0.15, 0.2) is 11.5 Å². The van der Waals surface area contributed by atoms with Crippen LogP contribution in [-0.2, 0) is 10.0 Å². The zero-order valence-electron chi connectivity index (χ0n) is 13.3. The number of fused-ring (bicyclic) bond motifs is 1. The molecule has 0 fully saturated rings. The molecule has 1 aliphatic heterocycles. The van der Waals surface area contributed by atoms with Crippen LogP contribution in [0.2, 0.25) is 0 Å². The van der Waals surface area contributed by atoms with Crippen molar-refractivity contribution >= 4 is 10.0 Å². The molecule has 0 radical (unpaired) electrons. The minimum atomic E-state index is -3.61. The number of hydrogen-bond acceptors (Lipinski definition) is 5. The van der Waals surface area contributed by atoms with Crippen molar-refractivity contribution < 1.29 is 22.6 Å². The minimum absolute atomic E-state index is 0.129. The number of hydrogen-bond donors (Lipinski definition) is 1. The lowest BCUT2D eigenvalue weighted by atomic mass is 10.2. The van der Waals surface area contributed by atoms with Crippen LogP contribution in [0.5, 0.6) is 17.2 Å². The van der Waals surface area contributed by atoms with Crippen molar-refractivity contribution in [1.82, 2.24) is 4.72 Å². The molecule has 0 spiro atoms. The standard InChI is InChI=1S/C17H19NO5S/c1-2-21-13-7-9-15(10-8-13)24(19,20)18-11-14-12-22-16-5-3-4-6-17(16)23-14/h3-10,14,18H,2,11-12H2,1H3/t14-/m0/s1. The molecule has 6 nitrogen and oxygen atoms in total. The van der Waals surface area contributed by atoms with Crippen molar-refractivity contribution in [3.63, 3.8) is 0 Å². The summed E-state index contributed by atoms with van der Waals surface area (Å²) < 4.78 is 43.9. The average molecular weight is 349 g/mol. The summed E-state index contributed by atoms with van der Waals surface area (Å²) in [5, 5.41) is 0. The van der Waals surface area contributed by atoms with Crippen LogP contribution in [0, 0.1) is 0 Å². The highest BCUT2D eigenvalue weighted by atomic mass is 32.2. The first kappa shape index (κ1) is 16.6. The van der Waals surface area contributed by atoms with E-state index >= 15 is 0 Å². The van der Waals surface area contributed by atoms with Crippen molar-refractivity contribution in [2.75, 3.05) is 19.8 Å². The molecule has 2 aromatic rings. The van der Waals surface area contributed by atoms with E-state index in [-0.39, 0.29) is 17.5 Å². The Morgan fingerprint density at radius 3 is 2.54 bits per heavy atom. The molecule has 24 heavy (non-hydrogen) atoms. The fourth-order valence-electron chi connectivity index (χ4n) is 2.33. The molecule has 7 heteroatoms. The minimum Gasteiger partial charge on any atom is -0.494 e. The van der Waals surface area contributed by atoms with Gasteiger partial charge in [-0.15, -0.1) is 0 Å². The van der Waals surface area contributed by atoms with E-state index in [1.807, 2.05) is 25.1 Å². The molecule has 0 unspecified atom stereocenters. The van der Waals surface area contributed by atoms with E-state index in [4.69, 9.17) is 14.2 Å². The van der Waals surface area contributed by atoms with Gasteiger partial charge < -0.3 is 14.2 Å². The molecule has 0 aliphatic carbocycles. The van der Waals surface area contributed by atoms with Gasteiger partial charge >= 0.3 is 0 Å². The summed E-state index contributed by atoms with van der Waals surface area (Å²) in [5.74, 6) is 1.93. The zero-order valence-corrected chi connectivity index (χ0v) is 14.1. The Kier molecular flexibility index (Phi) is 4.92. The number of para-hydroxylation sites is 2. The summed E-state index contributed by atoms with van der Waals surface area (Å²) in [6, 6.07) is 13.6. The Morgan fingerprint density at radius 2 is 1.83 bits per heavy atom. The molecule has 1 N–H and O–H groups in total. The second-order valence-electron chi connectivity index (χ2n) is 5.25. The summed E-state index contributed by atoms with van der Waals surface area (Å²) >= 11 is 0. The third kappa shape index (κ3) is 3.80. The van der Waals surface area contributed by atoms with Gasteiger partial charge in [0.2, 0.25) is 10.0 Å². The fourth-order valence-corrected chi connectivity index (χ4v) is 3.40. The quantitative estimate of drug-likeness (QED) is 0.865. The highest BCUT2D eigenvalue weighted by molar-refractivity contribution is 7.89. The Morgan fingerprint density at radius 1 is 1.12 bits per heavy atom. The third-order valence-corrected chi connectivity index (χ3v) is 4.95. The van der Waals surface area contributed by atoms with Gasteiger partial charge in [0.1, 0.15) is 18.5 Å². The topological polar surface area (TPSA) is 73.9 Å². The number of nitrogens with one attached hydrogen (secondary N) is 1. The smallest absolute Gasteiger partial charge is 0.240 e. The van der Waals surface area contributed by atoms with E-state index in [0.717, 1.165) is 0 Å². The van der Waals surface area contributed by atoms with E-state index in [1.165, 1.54) is 12.1 Å². The van der Waals surface area contributed by atoms with Crippen molar-refractivity contribution in [1.29, 1.82) is 0 Å². The summed E-state index contributed by atoms with van der Waals surface area (Å²) in [4.78, 5) is 0.183. The molecule has 1 atom stereocenters. The second kappa shape index (κ2) is 7.11. The number of ether oxygens (including phenoxy) is 3. The molecule has 0 saturated carbocycles. The highest BCUT2D eigenvalue weighted by Crippen LogP contribution is 2.30. The van der Waals surface area contributed by atoms with Crippen molar-refractivity contribution in [3.8, 4) is 17.2 Å². The van der Waals surface area contributed by atoms with Crippen LogP contribution in [0.3, 0.4) is 0 Å². The predicted octanol–water partition coefficient (Wildman–Crippen LogP) is 2.20. The number of sulfonamides is 1. The van der Waals surface area contributed by atoms with Crippen LogP contribution in [0.25, 0.3) is 0 Å². The van der Waals surface area contributed by atoms with Crippen LogP contribution in [0.15, 0.2) is 53.4 Å². The monoisotopic (exact) mass is 349 g/mol. The van der Waals surface area contributed by atoms with Gasteiger partial charge in [-0.1, -0.05) is 12.1 Å². The first-order valence-electron chi connectivity index (χ1n) is 7.69. The third-order valence-electron chi connectivity index (χ3n) is 3.51. The lowest BCUT2D eigenvalue weighted by Gasteiger charge is -2.26. The second-order valence-corrected chi connectivity index (χ2v) is 7.02. The van der Waals surface area contributed by atoms with Gasteiger partial charge in [0, 0.05) is 0 Å². The van der Waals surface area contributed by atoms with Crippen LogP contribution < -0.4 is 18.9 Å². The van der Waals surface area contributed by atoms with E-state index in [0.29, 0.717) is 30.5 Å². The predicted molar refractivity (Wildman–Crippen MR) is 89.2 cm³/mol. The Bertz CT molecular complexity index is 789. The van der Waals surface area contributed by atoms with Gasteiger partial charge in [-0.05, 0) is 43.3 Å². The van der Waals surface area contributed by atoms with Gasteiger partial charge in [-0.3, -0.25) is 0 Å². The highest BCUT2D eigenvalue weighted by Gasteiger charge is 2.23. The fraction of sp³-hybridized carbons (Fsp3) is 0.294. The lowest BCUT2D eigenvalue weighted by Crippen LogP contribution is -2.40. The van der Waals surface area contributed by atoms with Crippen LogP contribution in [0.1, 0.15) is 6.92 Å². The Balaban J connectivity index is 1.61. The average Bonchev–Trinajstić information content (AvgIpc) is 2.61. The van der Waals surface area contributed by atoms with Gasteiger partial charge in [-0.25, -0.2) is 13.1 Å². The summed E-state index contributed by atoms with van der Waals surface area (Å²) in [6.45, 7) is 2.83. The molecule has 0 aromatic heterocycles. The molecular weight excluding hydrogens is 330 g/mol. The molecule has 0 bridgehead atoms. The van der Waals surface area contributed by atoms with Gasteiger partial charge in [0.05, 0.1) is 18.0 Å². The molecule has 1 aliphatic rings. The molecule has 128 valence electrons. The van der Waals surface area contributed by atoms with Crippen molar-refractivity contribution in [2.45, 2.75) is 17.9 Å². The van der Waals surface area contributed by atoms with E-state index < -0.39 is 10.0 Å². The normalized spacial score (nSPS) is 16.6. The van der Waals surface area contributed by atoms with Gasteiger partial charge in [-0.2, -0.15) is 0 Å². The van der Waals surface area contributed by atoms with E-state index in [2.05, 4.69) is 4.72 Å². The largest absolute Gasteiger partial charge is 0.494 e. The molecule has 1 heterocycles. The maximum absolute atomic E-state index is 12.3. The Labute approximate surface area is 141 Å². The van der Waals surface area contributed by atoms with Crippen molar-refractivity contribution in [2.24, 2.45) is 0 Å².